The van der Waals surface area contributed by atoms with E-state index in [4.69, 9.17) is 14.3 Å². The van der Waals surface area contributed by atoms with Crippen molar-refractivity contribution in [3.8, 4) is 17.0 Å². The standard InChI is InChI=1S/C24H26F4N2O7S/c25-21(26)24(27,28)36-17-6-4-16(5-7-17)19-9-8-18(15-29-19)38(32,33)23(10-13-34-14-11-23)22(31)30-37-20-3-1-2-12-35-20/h4-9,15,20-21H,1-3,10-14H2,(H,30,31). The van der Waals surface area contributed by atoms with E-state index in [1.165, 1.54) is 24.3 Å². The number of hydroxylamine groups is 1. The predicted molar refractivity (Wildman–Crippen MR) is 124 cm³/mol. The molecular weight excluding hydrogens is 536 g/mol. The van der Waals surface area contributed by atoms with Gasteiger partial charge in [0.05, 0.1) is 10.6 Å². The van der Waals surface area contributed by atoms with Crippen LogP contribution in [0, 0.1) is 0 Å². The van der Waals surface area contributed by atoms with E-state index in [1.807, 2.05) is 0 Å². The maximum Gasteiger partial charge on any atom is 0.461 e. The SMILES string of the molecule is O=C(NOC1CCCCO1)C1(S(=O)(=O)c2ccc(-c3ccc(OC(F)(F)C(F)F)cc3)nc2)CCOCC1. The molecular formula is C24H26F4N2O7S. The minimum Gasteiger partial charge on any atom is -0.428 e. The highest BCUT2D eigenvalue weighted by Crippen LogP contribution is 2.36. The molecule has 1 atom stereocenters. The third-order valence-corrected chi connectivity index (χ3v) is 8.84. The Morgan fingerprint density at radius 2 is 1.79 bits per heavy atom. The number of nitrogens with one attached hydrogen (secondary N) is 1. The molecule has 1 amide bonds. The van der Waals surface area contributed by atoms with Gasteiger partial charge < -0.3 is 14.2 Å². The molecule has 0 radical (unpaired) electrons. The Bertz CT molecular complexity index is 1200. The first kappa shape index (κ1) is 28.2. The normalized spacial score (nSPS) is 20.2. The van der Waals surface area contributed by atoms with Crippen LogP contribution in [0.15, 0.2) is 47.5 Å². The lowest BCUT2D eigenvalue weighted by Gasteiger charge is -2.35. The molecule has 38 heavy (non-hydrogen) atoms. The van der Waals surface area contributed by atoms with Crippen molar-refractivity contribution < 1.29 is 49.8 Å². The summed E-state index contributed by atoms with van der Waals surface area (Å²) in [6.45, 7) is 0.585. The number of sulfone groups is 1. The summed E-state index contributed by atoms with van der Waals surface area (Å²) in [5, 5.41) is 0. The van der Waals surface area contributed by atoms with Gasteiger partial charge in [-0.15, -0.1) is 0 Å². The first-order valence-electron chi connectivity index (χ1n) is 11.9. The molecule has 3 heterocycles. The fraction of sp³-hybridized carbons (Fsp3) is 0.500. The van der Waals surface area contributed by atoms with Crippen LogP contribution in [0.25, 0.3) is 11.3 Å². The number of hydrogen-bond acceptors (Lipinski definition) is 8. The van der Waals surface area contributed by atoms with Gasteiger partial charge in [-0.3, -0.25) is 9.78 Å². The molecule has 0 saturated carbocycles. The predicted octanol–water partition coefficient (Wildman–Crippen LogP) is 3.88. The van der Waals surface area contributed by atoms with Crippen LogP contribution in [0.2, 0.25) is 0 Å². The first-order valence-corrected chi connectivity index (χ1v) is 13.3. The van der Waals surface area contributed by atoms with Gasteiger partial charge in [-0.2, -0.15) is 17.6 Å². The maximum atomic E-state index is 13.7. The Kier molecular flexibility index (Phi) is 8.55. The van der Waals surface area contributed by atoms with E-state index in [-0.39, 0.29) is 36.6 Å². The summed E-state index contributed by atoms with van der Waals surface area (Å²) in [4.78, 5) is 22.5. The highest BCUT2D eigenvalue weighted by atomic mass is 32.2. The van der Waals surface area contributed by atoms with E-state index in [9.17, 15) is 30.8 Å². The number of alkyl halides is 4. The number of pyridine rings is 1. The number of rotatable bonds is 9. The van der Waals surface area contributed by atoms with Gasteiger partial charge in [-0.25, -0.2) is 18.7 Å². The zero-order chi connectivity index (χ0) is 27.4. The topological polar surface area (TPSA) is 113 Å². The molecule has 1 aromatic carbocycles. The fourth-order valence-electron chi connectivity index (χ4n) is 4.17. The average molecular weight is 563 g/mol. The highest BCUT2D eigenvalue weighted by Gasteiger charge is 2.53. The van der Waals surface area contributed by atoms with Gasteiger partial charge in [0, 0.05) is 38.0 Å². The van der Waals surface area contributed by atoms with E-state index >= 15 is 0 Å². The van der Waals surface area contributed by atoms with Gasteiger partial charge in [0.1, 0.15) is 5.75 Å². The van der Waals surface area contributed by atoms with Crippen LogP contribution in [0.3, 0.4) is 0 Å². The molecule has 9 nitrogen and oxygen atoms in total. The Morgan fingerprint density at radius 3 is 2.37 bits per heavy atom. The van der Waals surface area contributed by atoms with Gasteiger partial charge in [-0.1, -0.05) is 0 Å². The third kappa shape index (κ3) is 5.92. The van der Waals surface area contributed by atoms with Crippen molar-refractivity contribution in [2.45, 2.75) is 60.6 Å². The number of benzene rings is 1. The molecule has 0 spiro atoms. The molecule has 14 heteroatoms. The van der Waals surface area contributed by atoms with Crippen molar-refractivity contribution in [1.82, 2.24) is 10.5 Å². The summed E-state index contributed by atoms with van der Waals surface area (Å²) >= 11 is 0. The molecule has 1 aromatic heterocycles. The number of aromatic nitrogens is 1. The Morgan fingerprint density at radius 1 is 1.08 bits per heavy atom. The lowest BCUT2D eigenvalue weighted by Crippen LogP contribution is -2.56. The third-order valence-electron chi connectivity index (χ3n) is 6.35. The van der Waals surface area contributed by atoms with Gasteiger partial charge >= 0.3 is 12.5 Å². The van der Waals surface area contributed by atoms with E-state index < -0.39 is 45.1 Å². The summed E-state index contributed by atoms with van der Waals surface area (Å²) in [6.07, 6.45) is -6.10. The number of halogens is 4. The molecule has 1 unspecified atom stereocenters. The van der Waals surface area contributed by atoms with Crippen molar-refractivity contribution in [3.05, 3.63) is 42.6 Å². The molecule has 2 aliphatic heterocycles. The van der Waals surface area contributed by atoms with Crippen LogP contribution >= 0.6 is 0 Å². The van der Waals surface area contributed by atoms with Crippen molar-refractivity contribution in [2.24, 2.45) is 0 Å². The first-order chi connectivity index (χ1) is 18.0. The monoisotopic (exact) mass is 562 g/mol. The zero-order valence-electron chi connectivity index (χ0n) is 20.1. The molecule has 2 saturated heterocycles. The van der Waals surface area contributed by atoms with Crippen LogP contribution in [-0.2, 0) is 28.9 Å². The second-order valence-electron chi connectivity index (χ2n) is 8.82. The van der Waals surface area contributed by atoms with Crippen molar-refractivity contribution in [1.29, 1.82) is 0 Å². The van der Waals surface area contributed by atoms with Crippen LogP contribution in [0.5, 0.6) is 5.75 Å². The Balaban J connectivity index is 1.51. The quantitative estimate of drug-likeness (QED) is 0.362. The smallest absolute Gasteiger partial charge is 0.428 e. The van der Waals surface area contributed by atoms with E-state index in [1.54, 1.807) is 0 Å². The maximum absolute atomic E-state index is 13.7. The Hall–Kier alpha value is -2.81. The number of carbonyl (C=O) groups is 1. The summed E-state index contributed by atoms with van der Waals surface area (Å²) in [5.74, 6) is -1.30. The van der Waals surface area contributed by atoms with Crippen LogP contribution < -0.4 is 10.2 Å². The molecule has 4 rings (SSSR count). The van der Waals surface area contributed by atoms with Crippen LogP contribution in [0.1, 0.15) is 32.1 Å². The molecule has 208 valence electrons. The number of amides is 1. The summed E-state index contributed by atoms with van der Waals surface area (Å²) in [7, 11) is -4.26. The molecule has 2 aliphatic rings. The minimum atomic E-state index is -4.64. The number of nitrogens with zero attached hydrogens (tertiary/aromatic N) is 1. The lowest BCUT2D eigenvalue weighted by atomic mass is 9.98. The van der Waals surface area contributed by atoms with E-state index in [0.717, 1.165) is 31.2 Å². The molecule has 0 bridgehead atoms. The van der Waals surface area contributed by atoms with Gasteiger partial charge in [0.15, 0.2) is 20.9 Å². The summed E-state index contributed by atoms with van der Waals surface area (Å²) < 4.78 is 91.2. The molecule has 2 fully saturated rings. The lowest BCUT2D eigenvalue weighted by molar-refractivity contribution is -0.253. The molecule has 0 aliphatic carbocycles. The Labute approximate surface area is 216 Å². The molecule has 1 N–H and O–H groups in total. The van der Waals surface area contributed by atoms with Gasteiger partial charge in [-0.05, 0) is 62.1 Å². The van der Waals surface area contributed by atoms with Gasteiger partial charge in [0.25, 0.3) is 5.91 Å². The van der Waals surface area contributed by atoms with Crippen LogP contribution in [0.4, 0.5) is 17.6 Å². The van der Waals surface area contributed by atoms with E-state index in [2.05, 4.69) is 15.2 Å². The highest BCUT2D eigenvalue weighted by molar-refractivity contribution is 7.93. The largest absolute Gasteiger partial charge is 0.461 e. The molecule has 2 aromatic rings. The van der Waals surface area contributed by atoms with Gasteiger partial charge in [0.2, 0.25) is 0 Å². The zero-order valence-corrected chi connectivity index (χ0v) is 20.9. The number of hydrogen-bond donors (Lipinski definition) is 1. The second-order valence-corrected chi connectivity index (χ2v) is 11.1. The fourth-order valence-corrected chi connectivity index (χ4v) is 6.05. The summed E-state index contributed by atoms with van der Waals surface area (Å²) in [6, 6.07) is 7.41. The van der Waals surface area contributed by atoms with E-state index in [0.29, 0.717) is 18.6 Å². The van der Waals surface area contributed by atoms with Crippen molar-refractivity contribution in [2.75, 3.05) is 19.8 Å². The minimum absolute atomic E-state index is 0.0527. The summed E-state index contributed by atoms with van der Waals surface area (Å²) in [5.41, 5.74) is 2.94. The average Bonchev–Trinajstić information content (AvgIpc) is 2.93. The van der Waals surface area contributed by atoms with Crippen molar-refractivity contribution >= 4 is 15.7 Å². The van der Waals surface area contributed by atoms with Crippen molar-refractivity contribution in [3.63, 3.8) is 0 Å². The van der Waals surface area contributed by atoms with Crippen LogP contribution in [-0.4, -0.2) is 62.7 Å². The number of ether oxygens (including phenoxy) is 3. The second kappa shape index (κ2) is 11.5. The number of carbonyl (C=O) groups excluding carboxylic acids is 1.